The second-order valence-electron chi connectivity index (χ2n) is 8.38. The maximum Gasteiger partial charge on any atom is 0.225 e. The minimum absolute atomic E-state index is 0.329. The topological polar surface area (TPSA) is 63.2 Å². The van der Waals surface area contributed by atoms with Crippen molar-refractivity contribution in [2.75, 3.05) is 72.0 Å². The van der Waals surface area contributed by atoms with Crippen LogP contribution in [0.1, 0.15) is 45.4 Å². The first-order valence-electron chi connectivity index (χ1n) is 11.5. The van der Waals surface area contributed by atoms with Gasteiger partial charge in [0.25, 0.3) is 0 Å². The summed E-state index contributed by atoms with van der Waals surface area (Å²) < 4.78 is 0. The van der Waals surface area contributed by atoms with Crippen molar-refractivity contribution in [1.82, 2.24) is 25.3 Å². The Hall–Kier alpha value is -1.34. The largest absolute Gasteiger partial charge is 0.357 e. The molecule has 7 nitrogen and oxygen atoms in total. The molecule has 0 aromatic heterocycles. The molecule has 1 saturated carbocycles. The van der Waals surface area contributed by atoms with Crippen LogP contribution in [0.3, 0.4) is 0 Å². The Balaban J connectivity index is 1.31. The highest BCUT2D eigenvalue weighted by molar-refractivity contribution is 5.80. The Kier molecular flexibility index (Phi) is 8.86. The third kappa shape index (κ3) is 6.62. The van der Waals surface area contributed by atoms with Gasteiger partial charge in [0.05, 0.1) is 6.54 Å². The minimum Gasteiger partial charge on any atom is -0.357 e. The fraction of sp³-hybridized carbons (Fsp3) is 0.905. The molecule has 2 saturated heterocycles. The van der Waals surface area contributed by atoms with Crippen LogP contribution in [0.2, 0.25) is 0 Å². The molecule has 160 valence electrons. The molecule has 1 aliphatic carbocycles. The van der Waals surface area contributed by atoms with Gasteiger partial charge in [-0.2, -0.15) is 0 Å². The fourth-order valence-electron chi connectivity index (χ4n) is 4.27. The highest BCUT2D eigenvalue weighted by Gasteiger charge is 2.30. The normalized spacial score (nSPS) is 22.8. The van der Waals surface area contributed by atoms with Gasteiger partial charge >= 0.3 is 0 Å². The van der Waals surface area contributed by atoms with Crippen molar-refractivity contribution < 1.29 is 4.79 Å². The summed E-state index contributed by atoms with van der Waals surface area (Å²) >= 11 is 0. The van der Waals surface area contributed by atoms with Crippen molar-refractivity contribution in [1.29, 1.82) is 0 Å². The molecule has 0 aromatic carbocycles. The molecular formula is C21H40N6O. The Labute approximate surface area is 170 Å². The van der Waals surface area contributed by atoms with Crippen LogP contribution in [-0.2, 0) is 4.79 Å². The first-order valence-corrected chi connectivity index (χ1v) is 11.5. The summed E-state index contributed by atoms with van der Waals surface area (Å²) in [6.07, 6.45) is 7.50. The van der Waals surface area contributed by atoms with E-state index in [1.807, 2.05) is 0 Å². The van der Waals surface area contributed by atoms with Crippen LogP contribution in [0.4, 0.5) is 0 Å². The molecule has 7 heteroatoms. The summed E-state index contributed by atoms with van der Waals surface area (Å²) in [7, 11) is 0. The van der Waals surface area contributed by atoms with E-state index in [0.717, 1.165) is 77.7 Å². The molecule has 3 fully saturated rings. The van der Waals surface area contributed by atoms with E-state index < -0.39 is 0 Å². The molecule has 0 aromatic rings. The molecule has 2 heterocycles. The van der Waals surface area contributed by atoms with Gasteiger partial charge in [-0.1, -0.05) is 12.8 Å². The maximum absolute atomic E-state index is 12.3. The van der Waals surface area contributed by atoms with Crippen molar-refractivity contribution in [2.24, 2.45) is 10.9 Å². The van der Waals surface area contributed by atoms with E-state index in [9.17, 15) is 4.79 Å². The quantitative estimate of drug-likeness (QED) is 0.476. The number of carbonyl (C=O) groups is 1. The van der Waals surface area contributed by atoms with Crippen LogP contribution in [0.15, 0.2) is 4.99 Å². The SMILES string of the molecule is CCNC(=NCCN1CCN(C(=O)C2CCC2)CC1)NCCN1CCCCC1. The molecule has 1 amide bonds. The number of carbonyl (C=O) groups excluding carboxylic acids is 1. The molecule has 0 radical (unpaired) electrons. The van der Waals surface area contributed by atoms with Crippen molar-refractivity contribution in [3.8, 4) is 0 Å². The average Bonchev–Trinajstić information content (AvgIpc) is 2.68. The van der Waals surface area contributed by atoms with Gasteiger partial charge in [0.2, 0.25) is 5.91 Å². The summed E-state index contributed by atoms with van der Waals surface area (Å²) in [5.74, 6) is 1.66. The van der Waals surface area contributed by atoms with Crippen LogP contribution < -0.4 is 10.6 Å². The first kappa shape index (κ1) is 21.4. The zero-order valence-electron chi connectivity index (χ0n) is 17.8. The van der Waals surface area contributed by atoms with E-state index >= 15 is 0 Å². The van der Waals surface area contributed by atoms with E-state index in [1.165, 1.54) is 38.8 Å². The van der Waals surface area contributed by atoms with Gasteiger partial charge in [-0.15, -0.1) is 0 Å². The number of likely N-dealkylation sites (tertiary alicyclic amines) is 1. The number of piperidine rings is 1. The van der Waals surface area contributed by atoms with Gasteiger partial charge in [0.15, 0.2) is 5.96 Å². The number of amides is 1. The predicted molar refractivity (Wildman–Crippen MR) is 115 cm³/mol. The van der Waals surface area contributed by atoms with Crippen molar-refractivity contribution >= 4 is 11.9 Å². The summed E-state index contributed by atoms with van der Waals surface area (Å²) in [4.78, 5) is 24.2. The number of rotatable bonds is 8. The monoisotopic (exact) mass is 392 g/mol. The Morgan fingerprint density at radius 3 is 2.25 bits per heavy atom. The van der Waals surface area contributed by atoms with Crippen LogP contribution >= 0.6 is 0 Å². The van der Waals surface area contributed by atoms with E-state index in [-0.39, 0.29) is 0 Å². The number of nitrogens with zero attached hydrogens (tertiary/aromatic N) is 4. The number of hydrogen-bond acceptors (Lipinski definition) is 4. The lowest BCUT2D eigenvalue weighted by molar-refractivity contribution is -0.139. The second kappa shape index (κ2) is 11.6. The van der Waals surface area contributed by atoms with Crippen molar-refractivity contribution in [3.63, 3.8) is 0 Å². The van der Waals surface area contributed by atoms with Crippen molar-refractivity contribution in [2.45, 2.75) is 45.4 Å². The third-order valence-electron chi connectivity index (χ3n) is 6.34. The molecule has 0 atom stereocenters. The van der Waals surface area contributed by atoms with Gasteiger partial charge in [0, 0.05) is 58.3 Å². The minimum atomic E-state index is 0.329. The summed E-state index contributed by atoms with van der Waals surface area (Å²) in [6.45, 7) is 13.0. The van der Waals surface area contributed by atoms with Gasteiger partial charge in [0.1, 0.15) is 0 Å². The Morgan fingerprint density at radius 1 is 0.893 bits per heavy atom. The third-order valence-corrected chi connectivity index (χ3v) is 6.34. The second-order valence-corrected chi connectivity index (χ2v) is 8.38. The highest BCUT2D eigenvalue weighted by atomic mass is 16.2. The predicted octanol–water partition coefficient (Wildman–Crippen LogP) is 0.972. The first-order chi connectivity index (χ1) is 13.8. The lowest BCUT2D eigenvalue weighted by Gasteiger charge is -2.38. The summed E-state index contributed by atoms with van der Waals surface area (Å²) in [5, 5.41) is 6.83. The average molecular weight is 393 g/mol. The van der Waals surface area contributed by atoms with Crippen LogP contribution in [0, 0.1) is 5.92 Å². The van der Waals surface area contributed by atoms with Crippen molar-refractivity contribution in [3.05, 3.63) is 0 Å². The zero-order chi connectivity index (χ0) is 19.6. The van der Waals surface area contributed by atoms with Crippen LogP contribution in [0.5, 0.6) is 0 Å². The van der Waals surface area contributed by atoms with E-state index in [2.05, 4.69) is 32.3 Å². The van der Waals surface area contributed by atoms with Crippen LogP contribution in [-0.4, -0.2) is 98.6 Å². The summed E-state index contributed by atoms with van der Waals surface area (Å²) in [5.41, 5.74) is 0. The molecule has 0 spiro atoms. The Bertz CT molecular complexity index is 493. The number of hydrogen-bond donors (Lipinski definition) is 2. The maximum atomic E-state index is 12.3. The molecule has 3 rings (SSSR count). The molecule has 28 heavy (non-hydrogen) atoms. The molecule has 2 aliphatic heterocycles. The molecule has 3 aliphatic rings. The number of aliphatic imine (C=N–C) groups is 1. The van der Waals surface area contributed by atoms with E-state index in [4.69, 9.17) is 4.99 Å². The smallest absolute Gasteiger partial charge is 0.225 e. The van der Waals surface area contributed by atoms with Crippen LogP contribution in [0.25, 0.3) is 0 Å². The number of nitrogens with one attached hydrogen (secondary N) is 2. The molecule has 0 unspecified atom stereocenters. The van der Waals surface area contributed by atoms with Gasteiger partial charge in [-0.3, -0.25) is 14.7 Å². The lowest BCUT2D eigenvalue weighted by atomic mass is 9.84. The summed E-state index contributed by atoms with van der Waals surface area (Å²) in [6, 6.07) is 0. The fourth-order valence-corrected chi connectivity index (χ4v) is 4.27. The molecular weight excluding hydrogens is 352 g/mol. The highest BCUT2D eigenvalue weighted by Crippen LogP contribution is 2.28. The van der Waals surface area contributed by atoms with E-state index in [0.29, 0.717) is 11.8 Å². The number of piperazine rings is 1. The standard InChI is InChI=1S/C21H40N6O/c1-2-22-21(23-9-13-25-11-4-3-5-12-25)24-10-14-26-15-17-27(18-16-26)20(28)19-7-6-8-19/h19H,2-18H2,1H3,(H2,22,23,24). The van der Waals surface area contributed by atoms with Gasteiger partial charge in [-0.05, 0) is 45.7 Å². The molecule has 0 bridgehead atoms. The Morgan fingerprint density at radius 2 is 1.61 bits per heavy atom. The van der Waals surface area contributed by atoms with Gasteiger partial charge in [-0.25, -0.2) is 0 Å². The van der Waals surface area contributed by atoms with E-state index in [1.54, 1.807) is 0 Å². The lowest BCUT2D eigenvalue weighted by Crippen LogP contribution is -2.51. The zero-order valence-corrected chi connectivity index (χ0v) is 17.8. The number of guanidine groups is 1. The van der Waals surface area contributed by atoms with Gasteiger partial charge < -0.3 is 20.4 Å². The molecule has 2 N–H and O–H groups in total.